The molecule has 2 aromatic carbocycles. The zero-order valence-electron chi connectivity index (χ0n) is 15.4. The Morgan fingerprint density at radius 1 is 1.22 bits per heavy atom. The number of carbonyl (C=O) groups excluding carboxylic acids is 2. The van der Waals surface area contributed by atoms with Crippen LogP contribution >= 0.6 is 11.6 Å². The quantitative estimate of drug-likeness (QED) is 0.847. The SMILES string of the molecule is CC1(C)C(=O)NCCN1C(=O)CC(c1cccc(O)c1)c1cccc(Cl)c1. The zero-order valence-corrected chi connectivity index (χ0v) is 16.2. The molecule has 2 aromatic rings. The Labute approximate surface area is 163 Å². The number of aromatic hydroxyl groups is 1. The highest BCUT2D eigenvalue weighted by molar-refractivity contribution is 6.30. The molecule has 1 heterocycles. The molecule has 5 nitrogen and oxygen atoms in total. The summed E-state index contributed by atoms with van der Waals surface area (Å²) in [6.07, 6.45) is 0.181. The predicted octanol–water partition coefficient (Wildman–Crippen LogP) is 3.30. The Bertz CT molecular complexity index is 821. The topological polar surface area (TPSA) is 69.6 Å². The molecule has 0 radical (unpaired) electrons. The molecule has 1 aliphatic rings. The van der Waals surface area contributed by atoms with Gasteiger partial charge in [0.2, 0.25) is 11.8 Å². The summed E-state index contributed by atoms with van der Waals surface area (Å²) in [5, 5.41) is 13.3. The van der Waals surface area contributed by atoms with Crippen LogP contribution in [0.5, 0.6) is 5.75 Å². The molecule has 0 aliphatic carbocycles. The zero-order chi connectivity index (χ0) is 19.6. The van der Waals surface area contributed by atoms with E-state index in [9.17, 15) is 14.7 Å². The number of benzene rings is 2. The number of hydrogen-bond donors (Lipinski definition) is 2. The lowest BCUT2D eigenvalue weighted by Crippen LogP contribution is -2.63. The lowest BCUT2D eigenvalue weighted by atomic mass is 9.87. The number of amides is 2. The van der Waals surface area contributed by atoms with Gasteiger partial charge in [-0.25, -0.2) is 0 Å². The van der Waals surface area contributed by atoms with Gasteiger partial charge in [0, 0.05) is 30.5 Å². The van der Waals surface area contributed by atoms with Crippen LogP contribution in [-0.2, 0) is 9.59 Å². The number of nitrogens with zero attached hydrogens (tertiary/aromatic N) is 1. The molecule has 1 atom stereocenters. The largest absolute Gasteiger partial charge is 0.508 e. The van der Waals surface area contributed by atoms with E-state index in [-0.39, 0.29) is 29.9 Å². The number of halogens is 1. The number of piperazine rings is 1. The highest BCUT2D eigenvalue weighted by Gasteiger charge is 2.40. The van der Waals surface area contributed by atoms with Crippen molar-refractivity contribution < 1.29 is 14.7 Å². The van der Waals surface area contributed by atoms with E-state index in [1.165, 1.54) is 0 Å². The Morgan fingerprint density at radius 3 is 2.56 bits per heavy atom. The third-order valence-corrected chi connectivity index (χ3v) is 5.29. The van der Waals surface area contributed by atoms with Gasteiger partial charge in [0.05, 0.1) is 0 Å². The minimum Gasteiger partial charge on any atom is -0.508 e. The summed E-state index contributed by atoms with van der Waals surface area (Å²) < 4.78 is 0. The monoisotopic (exact) mass is 386 g/mol. The van der Waals surface area contributed by atoms with Crippen LogP contribution in [0.2, 0.25) is 5.02 Å². The van der Waals surface area contributed by atoms with Crippen LogP contribution in [0, 0.1) is 0 Å². The van der Waals surface area contributed by atoms with E-state index in [1.54, 1.807) is 43.0 Å². The molecule has 142 valence electrons. The first-order valence-electron chi connectivity index (χ1n) is 8.92. The molecule has 1 fully saturated rings. The maximum Gasteiger partial charge on any atom is 0.245 e. The Hall–Kier alpha value is -2.53. The number of nitrogens with one attached hydrogen (secondary N) is 1. The van der Waals surface area contributed by atoms with Crippen LogP contribution in [-0.4, -0.2) is 40.4 Å². The second-order valence-corrected chi connectivity index (χ2v) is 7.70. The number of rotatable bonds is 4. The van der Waals surface area contributed by atoms with Gasteiger partial charge in [-0.05, 0) is 49.2 Å². The van der Waals surface area contributed by atoms with Crippen molar-refractivity contribution in [3.63, 3.8) is 0 Å². The first-order valence-corrected chi connectivity index (χ1v) is 9.30. The minimum absolute atomic E-state index is 0.108. The highest BCUT2D eigenvalue weighted by Crippen LogP contribution is 2.33. The Morgan fingerprint density at radius 2 is 1.89 bits per heavy atom. The molecule has 0 spiro atoms. The summed E-state index contributed by atoms with van der Waals surface area (Å²) in [4.78, 5) is 27.0. The number of phenols is 1. The van der Waals surface area contributed by atoms with Crippen molar-refractivity contribution in [2.24, 2.45) is 0 Å². The van der Waals surface area contributed by atoms with Gasteiger partial charge in [-0.1, -0.05) is 35.9 Å². The van der Waals surface area contributed by atoms with E-state index in [1.807, 2.05) is 24.3 Å². The van der Waals surface area contributed by atoms with Gasteiger partial charge in [-0.2, -0.15) is 0 Å². The summed E-state index contributed by atoms with van der Waals surface area (Å²) in [6.45, 7) is 4.42. The molecule has 27 heavy (non-hydrogen) atoms. The van der Waals surface area contributed by atoms with Crippen LogP contribution < -0.4 is 5.32 Å². The average Bonchev–Trinajstić information content (AvgIpc) is 2.61. The molecule has 2 N–H and O–H groups in total. The standard InChI is InChI=1S/C21H23ClN2O3/c1-21(2)20(27)23-9-10-24(21)19(26)13-18(14-5-3-7-16(22)11-14)15-6-4-8-17(25)12-15/h3-8,11-12,18,25H,9-10,13H2,1-2H3,(H,23,27). The van der Waals surface area contributed by atoms with Crippen molar-refractivity contribution in [1.29, 1.82) is 0 Å². The molecule has 0 bridgehead atoms. The van der Waals surface area contributed by atoms with E-state index in [0.717, 1.165) is 11.1 Å². The summed E-state index contributed by atoms with van der Waals surface area (Å²) >= 11 is 6.16. The second kappa shape index (κ2) is 7.61. The van der Waals surface area contributed by atoms with E-state index >= 15 is 0 Å². The number of phenolic OH excluding ortho intramolecular Hbond substituents is 1. The van der Waals surface area contributed by atoms with E-state index in [2.05, 4.69) is 5.32 Å². The van der Waals surface area contributed by atoms with E-state index in [0.29, 0.717) is 18.1 Å². The molecule has 2 amide bonds. The van der Waals surface area contributed by atoms with Crippen LogP contribution in [0.25, 0.3) is 0 Å². The molecule has 1 unspecified atom stereocenters. The molecular formula is C21H23ClN2O3. The van der Waals surface area contributed by atoms with Crippen molar-refractivity contribution in [1.82, 2.24) is 10.2 Å². The van der Waals surface area contributed by atoms with E-state index in [4.69, 9.17) is 11.6 Å². The number of carbonyl (C=O) groups is 2. The molecule has 3 rings (SSSR count). The lowest BCUT2D eigenvalue weighted by Gasteiger charge is -2.41. The molecule has 6 heteroatoms. The molecule has 1 saturated heterocycles. The maximum absolute atomic E-state index is 13.1. The molecule has 0 saturated carbocycles. The van der Waals surface area contributed by atoms with Crippen LogP contribution in [0.4, 0.5) is 0 Å². The average molecular weight is 387 g/mol. The van der Waals surface area contributed by atoms with Gasteiger partial charge in [0.15, 0.2) is 0 Å². The van der Waals surface area contributed by atoms with Crippen molar-refractivity contribution in [2.45, 2.75) is 31.7 Å². The van der Waals surface area contributed by atoms with E-state index < -0.39 is 5.54 Å². The van der Waals surface area contributed by atoms with Crippen LogP contribution in [0.3, 0.4) is 0 Å². The fourth-order valence-corrected chi connectivity index (χ4v) is 3.71. The van der Waals surface area contributed by atoms with Crippen molar-refractivity contribution in [2.75, 3.05) is 13.1 Å². The lowest BCUT2D eigenvalue weighted by molar-refractivity contribution is -0.149. The van der Waals surface area contributed by atoms with Gasteiger partial charge in [-0.15, -0.1) is 0 Å². The van der Waals surface area contributed by atoms with Crippen molar-refractivity contribution in [3.8, 4) is 5.75 Å². The van der Waals surface area contributed by atoms with Gasteiger partial charge in [0.25, 0.3) is 0 Å². The Kier molecular flexibility index (Phi) is 5.42. The highest BCUT2D eigenvalue weighted by atomic mass is 35.5. The van der Waals surface area contributed by atoms with Crippen molar-refractivity contribution in [3.05, 3.63) is 64.7 Å². The minimum atomic E-state index is -0.896. The van der Waals surface area contributed by atoms with Gasteiger partial charge < -0.3 is 15.3 Å². The second-order valence-electron chi connectivity index (χ2n) is 7.27. The predicted molar refractivity (Wildman–Crippen MR) is 105 cm³/mol. The first kappa shape index (κ1) is 19.2. The van der Waals surface area contributed by atoms with Crippen LogP contribution in [0.15, 0.2) is 48.5 Å². The molecule has 0 aromatic heterocycles. The third-order valence-electron chi connectivity index (χ3n) is 5.05. The summed E-state index contributed by atoms with van der Waals surface area (Å²) in [5.74, 6) is -0.393. The molecular weight excluding hydrogens is 364 g/mol. The first-order chi connectivity index (χ1) is 12.8. The summed E-state index contributed by atoms with van der Waals surface area (Å²) in [5.41, 5.74) is 0.818. The van der Waals surface area contributed by atoms with Gasteiger partial charge in [-0.3, -0.25) is 9.59 Å². The Balaban J connectivity index is 1.94. The normalized spacial score (nSPS) is 17.3. The van der Waals surface area contributed by atoms with Crippen molar-refractivity contribution >= 4 is 23.4 Å². The number of hydrogen-bond acceptors (Lipinski definition) is 3. The van der Waals surface area contributed by atoms with Gasteiger partial charge >= 0.3 is 0 Å². The summed E-state index contributed by atoms with van der Waals surface area (Å²) in [6, 6.07) is 14.3. The summed E-state index contributed by atoms with van der Waals surface area (Å²) in [7, 11) is 0. The fraction of sp³-hybridized carbons (Fsp3) is 0.333. The maximum atomic E-state index is 13.1. The van der Waals surface area contributed by atoms with Crippen LogP contribution in [0.1, 0.15) is 37.3 Å². The molecule has 1 aliphatic heterocycles. The smallest absolute Gasteiger partial charge is 0.245 e. The van der Waals surface area contributed by atoms with Gasteiger partial charge in [0.1, 0.15) is 11.3 Å². The third kappa shape index (κ3) is 4.08. The fourth-order valence-electron chi connectivity index (χ4n) is 3.51.